The maximum Gasteiger partial charge on any atom is 0.573 e. The molecule has 8 heteroatoms. The summed E-state index contributed by atoms with van der Waals surface area (Å²) in [7, 11) is 1.45. The lowest BCUT2D eigenvalue weighted by Gasteiger charge is -2.14. The lowest BCUT2D eigenvalue weighted by molar-refractivity contribution is -0.274. The Morgan fingerprint density at radius 2 is 2.11 bits per heavy atom. The highest BCUT2D eigenvalue weighted by Gasteiger charge is 2.33. The molecule has 0 aromatic heterocycles. The SMILES string of the molecule is COCCNC(=O)c1c(Br)cccc1OC(F)(F)F. The molecule has 0 fully saturated rings. The second kappa shape index (κ2) is 6.76. The maximum atomic E-state index is 12.2. The summed E-state index contributed by atoms with van der Waals surface area (Å²) in [5, 5.41) is 2.43. The Labute approximate surface area is 116 Å². The van der Waals surface area contributed by atoms with Crippen LogP contribution in [0.4, 0.5) is 13.2 Å². The molecule has 0 spiro atoms. The first-order chi connectivity index (χ1) is 8.85. The Bertz CT molecular complexity index is 451. The van der Waals surface area contributed by atoms with E-state index in [0.717, 1.165) is 6.07 Å². The second-order valence-corrected chi connectivity index (χ2v) is 4.26. The number of ether oxygens (including phenoxy) is 2. The van der Waals surface area contributed by atoms with Crippen molar-refractivity contribution in [3.63, 3.8) is 0 Å². The van der Waals surface area contributed by atoms with Crippen LogP contribution in [0.25, 0.3) is 0 Å². The maximum absolute atomic E-state index is 12.2. The monoisotopic (exact) mass is 341 g/mol. The fourth-order valence-corrected chi connectivity index (χ4v) is 1.82. The standard InChI is InChI=1S/C11H11BrF3NO3/c1-18-6-5-16-10(17)9-7(12)3-2-4-8(9)19-11(13,14)15/h2-4H,5-6H2,1H3,(H,16,17). The molecule has 106 valence electrons. The summed E-state index contributed by atoms with van der Waals surface area (Å²) in [5.41, 5.74) is -0.212. The van der Waals surface area contributed by atoms with E-state index in [2.05, 4.69) is 26.0 Å². The highest BCUT2D eigenvalue weighted by Crippen LogP contribution is 2.31. The van der Waals surface area contributed by atoms with Gasteiger partial charge in [0.05, 0.1) is 12.2 Å². The van der Waals surface area contributed by atoms with E-state index >= 15 is 0 Å². The van der Waals surface area contributed by atoms with E-state index in [4.69, 9.17) is 4.74 Å². The van der Waals surface area contributed by atoms with Crippen molar-refractivity contribution < 1.29 is 27.4 Å². The van der Waals surface area contributed by atoms with Crippen LogP contribution in [0, 0.1) is 0 Å². The van der Waals surface area contributed by atoms with E-state index in [0.29, 0.717) is 0 Å². The number of nitrogens with one attached hydrogen (secondary N) is 1. The van der Waals surface area contributed by atoms with Gasteiger partial charge in [-0.05, 0) is 28.1 Å². The third-order valence-corrected chi connectivity index (χ3v) is 2.68. The molecule has 1 N–H and O–H groups in total. The van der Waals surface area contributed by atoms with Crippen molar-refractivity contribution in [1.29, 1.82) is 0 Å². The Morgan fingerprint density at radius 1 is 1.42 bits per heavy atom. The van der Waals surface area contributed by atoms with Gasteiger partial charge in [-0.15, -0.1) is 13.2 Å². The van der Waals surface area contributed by atoms with Crippen LogP contribution in [0.5, 0.6) is 5.75 Å². The lowest BCUT2D eigenvalue weighted by atomic mass is 10.2. The molecule has 0 saturated heterocycles. The van der Waals surface area contributed by atoms with Crippen molar-refractivity contribution in [2.45, 2.75) is 6.36 Å². The number of hydrogen-bond acceptors (Lipinski definition) is 3. The van der Waals surface area contributed by atoms with Crippen LogP contribution < -0.4 is 10.1 Å². The molecule has 0 bridgehead atoms. The smallest absolute Gasteiger partial charge is 0.405 e. The minimum absolute atomic E-state index is 0.183. The molecule has 0 aliphatic rings. The lowest BCUT2D eigenvalue weighted by Crippen LogP contribution is -2.28. The van der Waals surface area contributed by atoms with Gasteiger partial charge in [0.15, 0.2) is 0 Å². The highest BCUT2D eigenvalue weighted by atomic mass is 79.9. The molecule has 0 aliphatic heterocycles. The van der Waals surface area contributed by atoms with Crippen LogP contribution in [0.3, 0.4) is 0 Å². The zero-order valence-electron chi connectivity index (χ0n) is 9.88. The zero-order valence-corrected chi connectivity index (χ0v) is 11.5. The number of carbonyl (C=O) groups excluding carboxylic acids is 1. The van der Waals surface area contributed by atoms with Gasteiger partial charge in [-0.25, -0.2) is 0 Å². The average Bonchev–Trinajstić information content (AvgIpc) is 2.27. The first-order valence-electron chi connectivity index (χ1n) is 5.16. The van der Waals surface area contributed by atoms with Crippen LogP contribution in [-0.4, -0.2) is 32.5 Å². The summed E-state index contributed by atoms with van der Waals surface area (Å²) < 4.78 is 45.5. The Balaban J connectivity index is 2.94. The van der Waals surface area contributed by atoms with Gasteiger partial charge in [-0.2, -0.15) is 0 Å². The molecular formula is C11H11BrF3NO3. The van der Waals surface area contributed by atoms with Gasteiger partial charge in [-0.1, -0.05) is 6.07 Å². The molecule has 0 radical (unpaired) electrons. The molecule has 19 heavy (non-hydrogen) atoms. The summed E-state index contributed by atoms with van der Waals surface area (Å²) in [6.45, 7) is 0.438. The van der Waals surface area contributed by atoms with Crippen molar-refractivity contribution in [1.82, 2.24) is 5.32 Å². The largest absolute Gasteiger partial charge is 0.573 e. The third kappa shape index (κ3) is 5.07. The highest BCUT2D eigenvalue weighted by molar-refractivity contribution is 9.10. The first-order valence-corrected chi connectivity index (χ1v) is 5.96. The normalized spacial score (nSPS) is 11.2. The number of amides is 1. The van der Waals surface area contributed by atoms with Crippen LogP contribution in [0.15, 0.2) is 22.7 Å². The molecule has 0 unspecified atom stereocenters. The van der Waals surface area contributed by atoms with Crippen LogP contribution in [0.1, 0.15) is 10.4 Å². The van der Waals surface area contributed by atoms with E-state index in [1.54, 1.807) is 0 Å². The number of methoxy groups -OCH3 is 1. The van der Waals surface area contributed by atoms with E-state index in [1.165, 1.54) is 19.2 Å². The molecule has 0 atom stereocenters. The fraction of sp³-hybridized carbons (Fsp3) is 0.364. The summed E-state index contributed by atoms with van der Waals surface area (Å²) in [6, 6.07) is 3.87. The fourth-order valence-electron chi connectivity index (χ4n) is 1.29. The molecule has 0 heterocycles. The number of halogens is 4. The van der Waals surface area contributed by atoms with Crippen molar-refractivity contribution in [3.05, 3.63) is 28.2 Å². The molecule has 0 saturated carbocycles. The van der Waals surface area contributed by atoms with Crippen LogP contribution >= 0.6 is 15.9 Å². The van der Waals surface area contributed by atoms with E-state index in [-0.39, 0.29) is 23.2 Å². The minimum atomic E-state index is -4.86. The summed E-state index contributed by atoms with van der Waals surface area (Å²) >= 11 is 3.02. The Morgan fingerprint density at radius 3 is 2.68 bits per heavy atom. The molecule has 1 amide bonds. The first kappa shape index (κ1) is 15.8. The van der Waals surface area contributed by atoms with Crippen LogP contribution in [-0.2, 0) is 4.74 Å². The topological polar surface area (TPSA) is 47.6 Å². The van der Waals surface area contributed by atoms with Crippen molar-refractivity contribution >= 4 is 21.8 Å². The van der Waals surface area contributed by atoms with E-state index in [9.17, 15) is 18.0 Å². The van der Waals surface area contributed by atoms with Gasteiger partial charge >= 0.3 is 6.36 Å². The molecule has 1 rings (SSSR count). The van der Waals surface area contributed by atoms with Gasteiger partial charge in [0, 0.05) is 18.1 Å². The van der Waals surface area contributed by atoms with Crippen LogP contribution in [0.2, 0.25) is 0 Å². The van der Waals surface area contributed by atoms with Crippen molar-refractivity contribution in [3.8, 4) is 5.75 Å². The molecule has 1 aromatic rings. The van der Waals surface area contributed by atoms with Gasteiger partial charge in [0.25, 0.3) is 5.91 Å². The number of alkyl halides is 3. The van der Waals surface area contributed by atoms with Crippen molar-refractivity contribution in [2.24, 2.45) is 0 Å². The molecular weight excluding hydrogens is 331 g/mol. The molecule has 4 nitrogen and oxygen atoms in total. The van der Waals surface area contributed by atoms with Gasteiger partial charge < -0.3 is 14.8 Å². The minimum Gasteiger partial charge on any atom is -0.405 e. The predicted octanol–water partition coefficient (Wildman–Crippen LogP) is 2.72. The molecule has 1 aromatic carbocycles. The van der Waals surface area contributed by atoms with Gasteiger partial charge in [-0.3, -0.25) is 4.79 Å². The summed E-state index contributed by atoms with van der Waals surface area (Å²) in [4.78, 5) is 11.8. The number of hydrogen-bond donors (Lipinski definition) is 1. The second-order valence-electron chi connectivity index (χ2n) is 3.41. The number of rotatable bonds is 5. The summed E-state index contributed by atoms with van der Waals surface area (Å²) in [6.07, 6.45) is -4.86. The quantitative estimate of drug-likeness (QED) is 0.837. The zero-order chi connectivity index (χ0) is 14.5. The Hall–Kier alpha value is -1.28. The van der Waals surface area contributed by atoms with E-state index in [1.807, 2.05) is 0 Å². The van der Waals surface area contributed by atoms with E-state index < -0.39 is 18.0 Å². The average molecular weight is 342 g/mol. The summed E-state index contributed by atoms with van der Waals surface area (Å²) in [5.74, 6) is -1.24. The Kier molecular flexibility index (Phi) is 5.61. The van der Waals surface area contributed by atoms with Gasteiger partial charge in [0.2, 0.25) is 0 Å². The van der Waals surface area contributed by atoms with Crippen molar-refractivity contribution in [2.75, 3.05) is 20.3 Å². The third-order valence-electron chi connectivity index (χ3n) is 2.02. The number of benzene rings is 1. The molecule has 0 aliphatic carbocycles. The number of carbonyl (C=O) groups is 1. The predicted molar refractivity (Wildman–Crippen MR) is 65.0 cm³/mol. The van der Waals surface area contributed by atoms with Gasteiger partial charge in [0.1, 0.15) is 5.75 Å².